The third kappa shape index (κ3) is 6.03. The molecule has 0 spiro atoms. The summed E-state index contributed by atoms with van der Waals surface area (Å²) in [5, 5.41) is 2.97. The minimum Gasteiger partial charge on any atom is -0.376 e. The Morgan fingerprint density at radius 1 is 1.35 bits per heavy atom. The normalized spacial score (nSPS) is 19.8. The van der Waals surface area contributed by atoms with Crippen LogP contribution >= 0.6 is 0 Å². The lowest BCUT2D eigenvalue weighted by atomic mass is 10.2. The molecule has 1 unspecified atom stereocenters. The fraction of sp³-hybridized carbons (Fsp3) is 0.923. The topological polar surface area (TPSA) is 41.6 Å². The first kappa shape index (κ1) is 14.5. The molecule has 1 aliphatic rings. The molecule has 0 aliphatic carbocycles. The lowest BCUT2D eigenvalue weighted by molar-refractivity contribution is -0.122. The van der Waals surface area contributed by atoms with Crippen molar-refractivity contribution in [2.45, 2.75) is 45.6 Å². The number of hydrogen-bond donors (Lipinski definition) is 1. The Kier molecular flexibility index (Phi) is 7.21. The van der Waals surface area contributed by atoms with E-state index in [1.807, 2.05) is 0 Å². The van der Waals surface area contributed by atoms with Crippen LogP contribution in [0.25, 0.3) is 0 Å². The van der Waals surface area contributed by atoms with Crippen molar-refractivity contribution in [3.8, 4) is 0 Å². The van der Waals surface area contributed by atoms with Gasteiger partial charge in [0, 0.05) is 13.2 Å². The van der Waals surface area contributed by atoms with E-state index in [-0.39, 0.29) is 12.0 Å². The summed E-state index contributed by atoms with van der Waals surface area (Å²) in [6.07, 6.45) is 4.63. The second kappa shape index (κ2) is 8.48. The summed E-state index contributed by atoms with van der Waals surface area (Å²) in [5.41, 5.74) is 0. The van der Waals surface area contributed by atoms with Crippen molar-refractivity contribution in [3.63, 3.8) is 0 Å². The largest absolute Gasteiger partial charge is 0.376 e. The molecule has 0 aromatic rings. The molecule has 1 aliphatic heterocycles. The predicted octanol–water partition coefficient (Wildman–Crippen LogP) is 1.40. The van der Waals surface area contributed by atoms with Gasteiger partial charge in [0.2, 0.25) is 5.91 Å². The monoisotopic (exact) mass is 242 g/mol. The van der Waals surface area contributed by atoms with Crippen LogP contribution in [0.2, 0.25) is 0 Å². The first-order valence-electron chi connectivity index (χ1n) is 6.87. The van der Waals surface area contributed by atoms with Gasteiger partial charge in [-0.15, -0.1) is 0 Å². The Balaban J connectivity index is 2.16. The average molecular weight is 242 g/mol. The highest BCUT2D eigenvalue weighted by molar-refractivity contribution is 5.78. The van der Waals surface area contributed by atoms with Crippen molar-refractivity contribution in [2.24, 2.45) is 0 Å². The van der Waals surface area contributed by atoms with Gasteiger partial charge >= 0.3 is 0 Å². The zero-order valence-electron chi connectivity index (χ0n) is 11.2. The fourth-order valence-corrected chi connectivity index (χ4v) is 2.19. The highest BCUT2D eigenvalue weighted by Crippen LogP contribution is 2.10. The lowest BCUT2D eigenvalue weighted by Gasteiger charge is -2.20. The van der Waals surface area contributed by atoms with Gasteiger partial charge < -0.3 is 10.1 Å². The second-order valence-electron chi connectivity index (χ2n) is 4.72. The molecule has 1 saturated heterocycles. The minimum atomic E-state index is 0.127. The molecule has 1 heterocycles. The Hall–Kier alpha value is -0.610. The van der Waals surface area contributed by atoms with Crippen molar-refractivity contribution in [3.05, 3.63) is 0 Å². The van der Waals surface area contributed by atoms with Gasteiger partial charge in [0.25, 0.3) is 0 Å². The maximum absolute atomic E-state index is 11.8. The summed E-state index contributed by atoms with van der Waals surface area (Å²) in [7, 11) is 0. The predicted molar refractivity (Wildman–Crippen MR) is 69.0 cm³/mol. The van der Waals surface area contributed by atoms with E-state index >= 15 is 0 Å². The zero-order chi connectivity index (χ0) is 12.5. The second-order valence-corrected chi connectivity index (χ2v) is 4.72. The zero-order valence-corrected chi connectivity index (χ0v) is 11.2. The van der Waals surface area contributed by atoms with Crippen LogP contribution in [0.15, 0.2) is 0 Å². The molecular formula is C13H26N2O2. The smallest absolute Gasteiger partial charge is 0.234 e. The molecular weight excluding hydrogens is 216 g/mol. The molecule has 0 radical (unpaired) electrons. The molecule has 1 rings (SSSR count). The van der Waals surface area contributed by atoms with E-state index in [4.69, 9.17) is 4.74 Å². The number of carbonyl (C=O) groups excluding carboxylic acids is 1. The highest BCUT2D eigenvalue weighted by Gasteiger charge is 2.16. The van der Waals surface area contributed by atoms with E-state index in [0.717, 1.165) is 45.4 Å². The van der Waals surface area contributed by atoms with Gasteiger partial charge in [-0.3, -0.25) is 9.69 Å². The molecule has 1 fully saturated rings. The maximum atomic E-state index is 11.8. The van der Waals surface area contributed by atoms with Crippen molar-refractivity contribution in [2.75, 3.05) is 32.8 Å². The first-order chi connectivity index (χ1) is 8.26. The Bertz CT molecular complexity index is 209. The van der Waals surface area contributed by atoms with E-state index in [9.17, 15) is 4.79 Å². The SMILES string of the molecule is CCCN(CCC)CC(=O)NCC1CCCO1. The minimum absolute atomic E-state index is 0.127. The molecule has 100 valence electrons. The molecule has 0 aromatic heterocycles. The highest BCUT2D eigenvalue weighted by atomic mass is 16.5. The Morgan fingerprint density at radius 3 is 2.59 bits per heavy atom. The molecule has 1 N–H and O–H groups in total. The molecule has 17 heavy (non-hydrogen) atoms. The van der Waals surface area contributed by atoms with Crippen LogP contribution in [0.1, 0.15) is 39.5 Å². The summed E-state index contributed by atoms with van der Waals surface area (Å²) in [6.45, 7) is 8.33. The average Bonchev–Trinajstić information content (AvgIpc) is 2.80. The van der Waals surface area contributed by atoms with Crippen LogP contribution < -0.4 is 5.32 Å². The third-order valence-corrected chi connectivity index (χ3v) is 3.00. The number of hydrogen-bond acceptors (Lipinski definition) is 3. The fourth-order valence-electron chi connectivity index (χ4n) is 2.19. The van der Waals surface area contributed by atoms with Crippen LogP contribution in [0.5, 0.6) is 0 Å². The maximum Gasteiger partial charge on any atom is 0.234 e. The van der Waals surface area contributed by atoms with Crippen molar-refractivity contribution in [1.29, 1.82) is 0 Å². The molecule has 0 saturated carbocycles. The lowest BCUT2D eigenvalue weighted by Crippen LogP contribution is -2.40. The van der Waals surface area contributed by atoms with E-state index in [1.165, 1.54) is 0 Å². The Labute approximate surface area is 105 Å². The van der Waals surface area contributed by atoms with Gasteiger partial charge in [-0.2, -0.15) is 0 Å². The quantitative estimate of drug-likeness (QED) is 0.699. The van der Waals surface area contributed by atoms with Crippen molar-refractivity contribution >= 4 is 5.91 Å². The van der Waals surface area contributed by atoms with Crippen LogP contribution in [0.4, 0.5) is 0 Å². The van der Waals surface area contributed by atoms with Crippen LogP contribution in [-0.2, 0) is 9.53 Å². The van der Waals surface area contributed by atoms with E-state index in [2.05, 4.69) is 24.1 Å². The van der Waals surface area contributed by atoms with Crippen LogP contribution in [0, 0.1) is 0 Å². The van der Waals surface area contributed by atoms with E-state index < -0.39 is 0 Å². The summed E-state index contributed by atoms with van der Waals surface area (Å²) in [6, 6.07) is 0. The van der Waals surface area contributed by atoms with Gasteiger partial charge in [-0.05, 0) is 38.8 Å². The molecule has 0 aromatic carbocycles. The van der Waals surface area contributed by atoms with E-state index in [1.54, 1.807) is 0 Å². The molecule has 1 atom stereocenters. The summed E-state index contributed by atoms with van der Waals surface area (Å²) < 4.78 is 5.47. The number of nitrogens with zero attached hydrogens (tertiary/aromatic N) is 1. The van der Waals surface area contributed by atoms with Crippen molar-refractivity contribution in [1.82, 2.24) is 10.2 Å². The summed E-state index contributed by atoms with van der Waals surface area (Å²) in [4.78, 5) is 14.0. The summed E-state index contributed by atoms with van der Waals surface area (Å²) >= 11 is 0. The standard InChI is InChI=1S/C13H26N2O2/c1-3-7-15(8-4-2)11-13(16)14-10-12-6-5-9-17-12/h12H,3-11H2,1-2H3,(H,14,16). The van der Waals surface area contributed by atoms with Gasteiger partial charge in [-0.1, -0.05) is 13.8 Å². The van der Waals surface area contributed by atoms with Crippen LogP contribution in [0.3, 0.4) is 0 Å². The van der Waals surface area contributed by atoms with E-state index in [0.29, 0.717) is 13.1 Å². The molecule has 4 nitrogen and oxygen atoms in total. The number of carbonyl (C=O) groups is 1. The molecule has 4 heteroatoms. The molecule has 0 bridgehead atoms. The third-order valence-electron chi connectivity index (χ3n) is 3.00. The van der Waals surface area contributed by atoms with Gasteiger partial charge in [0.05, 0.1) is 12.6 Å². The van der Waals surface area contributed by atoms with Crippen LogP contribution in [-0.4, -0.2) is 49.7 Å². The molecule has 1 amide bonds. The number of rotatable bonds is 8. The van der Waals surface area contributed by atoms with Gasteiger partial charge in [-0.25, -0.2) is 0 Å². The van der Waals surface area contributed by atoms with Gasteiger partial charge in [0.1, 0.15) is 0 Å². The number of amides is 1. The number of nitrogens with one attached hydrogen (secondary N) is 1. The number of ether oxygens (including phenoxy) is 1. The van der Waals surface area contributed by atoms with Gasteiger partial charge in [0.15, 0.2) is 0 Å². The first-order valence-corrected chi connectivity index (χ1v) is 6.87. The van der Waals surface area contributed by atoms with Crippen molar-refractivity contribution < 1.29 is 9.53 Å². The summed E-state index contributed by atoms with van der Waals surface area (Å²) in [5.74, 6) is 0.127. The Morgan fingerprint density at radius 2 is 2.06 bits per heavy atom.